The summed E-state index contributed by atoms with van der Waals surface area (Å²) >= 11 is 2.19. The van der Waals surface area contributed by atoms with E-state index in [4.69, 9.17) is 4.74 Å². The van der Waals surface area contributed by atoms with Crippen molar-refractivity contribution in [1.82, 2.24) is 4.31 Å². The van der Waals surface area contributed by atoms with Gasteiger partial charge in [-0.25, -0.2) is 12.7 Å². The van der Waals surface area contributed by atoms with Crippen molar-refractivity contribution in [3.05, 3.63) is 51.1 Å². The van der Waals surface area contributed by atoms with Gasteiger partial charge in [0, 0.05) is 28.9 Å². The van der Waals surface area contributed by atoms with E-state index in [1.54, 1.807) is 6.07 Å². The van der Waals surface area contributed by atoms with Crippen LogP contribution in [-0.4, -0.2) is 39.8 Å². The molecule has 1 N–H and O–H groups in total. The molecule has 0 saturated carbocycles. The van der Waals surface area contributed by atoms with Crippen molar-refractivity contribution in [3.8, 4) is 5.75 Å². The van der Waals surface area contributed by atoms with E-state index in [2.05, 4.69) is 27.9 Å². The summed E-state index contributed by atoms with van der Waals surface area (Å²) in [5.74, 6) is -0.201. The van der Waals surface area contributed by atoms with E-state index in [-0.39, 0.29) is 16.2 Å². The number of carbonyl (C=O) groups is 1. The minimum atomic E-state index is -3.73. The highest BCUT2D eigenvalue weighted by molar-refractivity contribution is 14.1. The first-order chi connectivity index (χ1) is 11.7. The number of methoxy groups -OCH3 is 1. The van der Waals surface area contributed by atoms with Crippen molar-refractivity contribution in [3.63, 3.8) is 0 Å². The van der Waals surface area contributed by atoms with Gasteiger partial charge in [-0.3, -0.25) is 4.79 Å². The highest BCUT2D eigenvalue weighted by Crippen LogP contribution is 2.27. The molecular weight excluding hydrogens is 455 g/mol. The van der Waals surface area contributed by atoms with Crippen LogP contribution in [0.25, 0.3) is 0 Å². The molecule has 0 aliphatic rings. The van der Waals surface area contributed by atoms with Crippen molar-refractivity contribution >= 4 is 44.2 Å². The molecule has 0 unspecified atom stereocenters. The van der Waals surface area contributed by atoms with E-state index in [0.717, 1.165) is 13.4 Å². The highest BCUT2D eigenvalue weighted by Gasteiger charge is 2.24. The fourth-order valence-electron chi connectivity index (χ4n) is 2.09. The van der Waals surface area contributed by atoms with E-state index in [9.17, 15) is 13.2 Å². The minimum absolute atomic E-state index is 0.0499. The molecule has 0 aromatic heterocycles. The summed E-state index contributed by atoms with van der Waals surface area (Å²) in [5.41, 5.74) is 1.99. The number of hydrogen-bond acceptors (Lipinski definition) is 4. The number of nitrogens with zero attached hydrogens (tertiary/aromatic N) is 1. The predicted octanol–water partition coefficient (Wildman–Crippen LogP) is 3.11. The fourth-order valence-corrected chi connectivity index (χ4v) is 3.68. The smallest absolute Gasteiger partial charge is 0.255 e. The van der Waals surface area contributed by atoms with E-state index in [1.165, 1.54) is 39.4 Å². The van der Waals surface area contributed by atoms with E-state index >= 15 is 0 Å². The number of anilines is 1. The molecule has 2 rings (SSSR count). The third-order valence-corrected chi connectivity index (χ3v) is 6.61. The predicted molar refractivity (Wildman–Crippen MR) is 106 cm³/mol. The average molecular weight is 474 g/mol. The summed E-state index contributed by atoms with van der Waals surface area (Å²) in [4.78, 5) is 12.4. The Bertz CT molecular complexity index is 911. The van der Waals surface area contributed by atoms with Gasteiger partial charge in [0.1, 0.15) is 10.6 Å². The lowest BCUT2D eigenvalue weighted by Crippen LogP contribution is -2.23. The highest BCUT2D eigenvalue weighted by atomic mass is 127. The molecule has 0 aliphatic carbocycles. The van der Waals surface area contributed by atoms with Gasteiger partial charge >= 0.3 is 0 Å². The van der Waals surface area contributed by atoms with Gasteiger partial charge in [0.25, 0.3) is 5.91 Å². The molecule has 0 saturated heterocycles. The summed E-state index contributed by atoms with van der Waals surface area (Å²) < 4.78 is 32.1. The van der Waals surface area contributed by atoms with Gasteiger partial charge in [0.2, 0.25) is 10.0 Å². The lowest BCUT2D eigenvalue weighted by atomic mass is 10.2. The van der Waals surface area contributed by atoms with Gasteiger partial charge < -0.3 is 10.1 Å². The van der Waals surface area contributed by atoms with Crippen LogP contribution in [0.1, 0.15) is 15.9 Å². The van der Waals surface area contributed by atoms with Crippen LogP contribution in [-0.2, 0) is 10.0 Å². The van der Waals surface area contributed by atoms with E-state index < -0.39 is 15.9 Å². The van der Waals surface area contributed by atoms with Crippen LogP contribution in [0.5, 0.6) is 5.75 Å². The van der Waals surface area contributed by atoms with Gasteiger partial charge in [-0.2, -0.15) is 0 Å². The van der Waals surface area contributed by atoms with Crippen molar-refractivity contribution < 1.29 is 17.9 Å². The maximum absolute atomic E-state index is 12.5. The Balaban J connectivity index is 2.39. The molecule has 0 fully saturated rings. The van der Waals surface area contributed by atoms with Gasteiger partial charge in [-0.05, 0) is 65.4 Å². The zero-order valence-corrected chi connectivity index (χ0v) is 17.3. The van der Waals surface area contributed by atoms with E-state index in [0.29, 0.717) is 5.69 Å². The molecule has 25 heavy (non-hydrogen) atoms. The number of carbonyl (C=O) groups excluding carboxylic acids is 1. The van der Waals surface area contributed by atoms with Crippen LogP contribution < -0.4 is 10.1 Å². The third kappa shape index (κ3) is 4.31. The topological polar surface area (TPSA) is 75.7 Å². The van der Waals surface area contributed by atoms with Gasteiger partial charge in [0.15, 0.2) is 0 Å². The number of amides is 1. The number of rotatable bonds is 5. The summed E-state index contributed by atoms with van der Waals surface area (Å²) in [6, 6.07) is 9.90. The molecule has 0 bridgehead atoms. The molecule has 6 nitrogen and oxygen atoms in total. The second-order valence-corrected chi connectivity index (χ2v) is 8.85. The quantitative estimate of drug-likeness (QED) is 0.676. The normalized spacial score (nSPS) is 11.4. The summed E-state index contributed by atoms with van der Waals surface area (Å²) in [6.45, 7) is 1.98. The number of nitrogens with one attached hydrogen (secondary N) is 1. The Morgan fingerprint density at radius 1 is 1.16 bits per heavy atom. The maximum Gasteiger partial charge on any atom is 0.255 e. The molecule has 2 aromatic carbocycles. The number of hydrogen-bond donors (Lipinski definition) is 1. The molecule has 0 radical (unpaired) electrons. The number of aryl methyl sites for hydroxylation is 1. The van der Waals surface area contributed by atoms with Crippen molar-refractivity contribution in [1.29, 1.82) is 0 Å². The van der Waals surface area contributed by atoms with Gasteiger partial charge in [0.05, 0.1) is 7.11 Å². The van der Waals surface area contributed by atoms with Crippen LogP contribution in [0.4, 0.5) is 5.69 Å². The largest absolute Gasteiger partial charge is 0.495 e. The zero-order valence-electron chi connectivity index (χ0n) is 14.3. The van der Waals surface area contributed by atoms with Crippen LogP contribution in [0, 0.1) is 10.5 Å². The first-order valence-corrected chi connectivity index (χ1v) is 9.86. The fraction of sp³-hybridized carbons (Fsp3) is 0.235. The monoisotopic (exact) mass is 474 g/mol. The molecule has 134 valence electrons. The SMILES string of the molecule is COc1ccc(C(=O)Nc2ccc(C)c(I)c2)cc1S(=O)(=O)N(C)C. The zero-order chi connectivity index (χ0) is 18.8. The number of sulfonamides is 1. The minimum Gasteiger partial charge on any atom is -0.495 e. The number of halogens is 1. The molecule has 8 heteroatoms. The molecule has 0 heterocycles. The number of benzene rings is 2. The molecule has 0 spiro atoms. The first kappa shape index (κ1) is 19.7. The van der Waals surface area contributed by atoms with Gasteiger partial charge in [-0.1, -0.05) is 6.07 Å². The van der Waals surface area contributed by atoms with E-state index in [1.807, 2.05) is 19.1 Å². The maximum atomic E-state index is 12.5. The molecular formula is C17H19IN2O4S. The summed E-state index contributed by atoms with van der Waals surface area (Å²) in [5, 5.41) is 2.78. The van der Waals surface area contributed by atoms with Crippen molar-refractivity contribution in [2.75, 3.05) is 26.5 Å². The van der Waals surface area contributed by atoms with Crippen LogP contribution in [0.3, 0.4) is 0 Å². The Morgan fingerprint density at radius 3 is 2.40 bits per heavy atom. The first-order valence-electron chi connectivity index (χ1n) is 7.35. The third-order valence-electron chi connectivity index (χ3n) is 3.61. The lowest BCUT2D eigenvalue weighted by molar-refractivity contribution is 0.102. The summed E-state index contributed by atoms with van der Waals surface area (Å²) in [6.07, 6.45) is 0. The van der Waals surface area contributed by atoms with Crippen LogP contribution in [0.2, 0.25) is 0 Å². The summed E-state index contributed by atoms with van der Waals surface area (Å²) in [7, 11) is 0.506. The number of ether oxygens (including phenoxy) is 1. The van der Waals surface area contributed by atoms with Crippen LogP contribution in [0.15, 0.2) is 41.3 Å². The Hall–Kier alpha value is -1.65. The average Bonchev–Trinajstić information content (AvgIpc) is 2.57. The Morgan fingerprint density at radius 2 is 1.84 bits per heavy atom. The molecule has 0 atom stereocenters. The Kier molecular flexibility index (Phi) is 6.07. The second kappa shape index (κ2) is 7.71. The lowest BCUT2D eigenvalue weighted by Gasteiger charge is -2.15. The van der Waals surface area contributed by atoms with Crippen LogP contribution >= 0.6 is 22.6 Å². The molecule has 1 amide bonds. The standard InChI is InChI=1S/C17H19IN2O4S/c1-11-5-7-13(10-14(11)18)19-17(21)12-6-8-15(24-4)16(9-12)25(22,23)20(2)3/h5-10H,1-4H3,(H,19,21). The molecule has 0 aliphatic heterocycles. The van der Waals surface area contributed by atoms with Crippen molar-refractivity contribution in [2.45, 2.75) is 11.8 Å². The Labute approximate surface area is 161 Å². The van der Waals surface area contributed by atoms with Crippen molar-refractivity contribution in [2.24, 2.45) is 0 Å². The molecule has 2 aromatic rings. The van der Waals surface area contributed by atoms with Gasteiger partial charge in [-0.15, -0.1) is 0 Å². The second-order valence-electron chi connectivity index (χ2n) is 5.57.